The molecule has 1 aromatic heterocycles. The third kappa shape index (κ3) is 5.68. The molecule has 2 aromatic rings. The molecule has 2 N–H and O–H groups in total. The lowest BCUT2D eigenvalue weighted by atomic mass is 10.1. The van der Waals surface area contributed by atoms with Crippen LogP contribution in [-0.4, -0.2) is 33.8 Å². The third-order valence-electron chi connectivity index (χ3n) is 3.93. The number of hydrogen-bond donors (Lipinski definition) is 2. The summed E-state index contributed by atoms with van der Waals surface area (Å²) in [5.74, 6) is 0.847. The first-order valence-corrected chi connectivity index (χ1v) is 8.64. The fourth-order valence-electron chi connectivity index (χ4n) is 2.49. The minimum atomic E-state index is 0.428. The summed E-state index contributed by atoms with van der Waals surface area (Å²) in [7, 11) is 1.81. The topological polar surface area (TPSA) is 67.1 Å². The Labute approximate surface area is 144 Å². The van der Waals surface area contributed by atoms with Crippen molar-refractivity contribution >= 4 is 5.96 Å². The molecule has 1 unspecified atom stereocenters. The molecule has 6 nitrogen and oxygen atoms in total. The van der Waals surface area contributed by atoms with Gasteiger partial charge in [-0.2, -0.15) is 5.10 Å². The van der Waals surface area contributed by atoms with E-state index in [2.05, 4.69) is 51.7 Å². The van der Waals surface area contributed by atoms with E-state index < -0.39 is 0 Å². The van der Waals surface area contributed by atoms with Crippen LogP contribution in [0.4, 0.5) is 0 Å². The third-order valence-corrected chi connectivity index (χ3v) is 3.93. The molecule has 1 aromatic carbocycles. The van der Waals surface area contributed by atoms with E-state index in [9.17, 15) is 0 Å². The van der Waals surface area contributed by atoms with Gasteiger partial charge in [-0.25, -0.2) is 9.67 Å². The van der Waals surface area contributed by atoms with Gasteiger partial charge in [0.15, 0.2) is 5.96 Å². The van der Waals surface area contributed by atoms with E-state index in [4.69, 9.17) is 0 Å². The number of benzene rings is 1. The van der Waals surface area contributed by atoms with Crippen molar-refractivity contribution in [3.8, 4) is 5.69 Å². The molecule has 130 valence electrons. The highest BCUT2D eigenvalue weighted by atomic mass is 15.3. The van der Waals surface area contributed by atoms with Gasteiger partial charge in [-0.3, -0.25) is 4.99 Å². The Morgan fingerprint density at radius 3 is 2.67 bits per heavy atom. The molecule has 0 amide bonds. The van der Waals surface area contributed by atoms with Gasteiger partial charge in [0.25, 0.3) is 0 Å². The number of nitrogens with zero attached hydrogens (tertiary/aromatic N) is 4. The average molecular weight is 328 g/mol. The second-order valence-electron chi connectivity index (χ2n) is 5.97. The Morgan fingerprint density at radius 1 is 1.25 bits per heavy atom. The summed E-state index contributed by atoms with van der Waals surface area (Å²) < 4.78 is 1.75. The van der Waals surface area contributed by atoms with Gasteiger partial charge >= 0.3 is 0 Å². The van der Waals surface area contributed by atoms with E-state index in [1.807, 2.05) is 19.2 Å². The highest BCUT2D eigenvalue weighted by molar-refractivity contribution is 5.79. The SMILES string of the molecule is CCCCCC(C)NC(=NC)NCc1ccc(-n2cncn2)cc1. The van der Waals surface area contributed by atoms with Crippen LogP contribution in [0.5, 0.6) is 0 Å². The van der Waals surface area contributed by atoms with E-state index in [-0.39, 0.29) is 0 Å². The second kappa shape index (κ2) is 9.70. The van der Waals surface area contributed by atoms with Crippen LogP contribution in [0.2, 0.25) is 0 Å². The lowest BCUT2D eigenvalue weighted by Gasteiger charge is -2.18. The van der Waals surface area contributed by atoms with Crippen molar-refractivity contribution in [3.05, 3.63) is 42.5 Å². The van der Waals surface area contributed by atoms with E-state index >= 15 is 0 Å². The van der Waals surface area contributed by atoms with Crippen LogP contribution in [-0.2, 0) is 6.54 Å². The fourth-order valence-corrected chi connectivity index (χ4v) is 2.49. The molecular weight excluding hydrogens is 300 g/mol. The summed E-state index contributed by atoms with van der Waals surface area (Å²) in [4.78, 5) is 8.26. The molecule has 1 heterocycles. The molecule has 0 radical (unpaired) electrons. The summed E-state index contributed by atoms with van der Waals surface area (Å²) in [5.41, 5.74) is 2.20. The van der Waals surface area contributed by atoms with Crippen LogP contribution in [0.15, 0.2) is 41.9 Å². The summed E-state index contributed by atoms with van der Waals surface area (Å²) in [5, 5.41) is 10.9. The van der Waals surface area contributed by atoms with Crippen molar-refractivity contribution < 1.29 is 0 Å². The van der Waals surface area contributed by atoms with Crippen LogP contribution >= 0.6 is 0 Å². The van der Waals surface area contributed by atoms with Crippen molar-refractivity contribution in [1.82, 2.24) is 25.4 Å². The van der Waals surface area contributed by atoms with Crippen molar-refractivity contribution in [2.75, 3.05) is 7.05 Å². The van der Waals surface area contributed by atoms with Gasteiger partial charge in [-0.1, -0.05) is 38.3 Å². The second-order valence-corrected chi connectivity index (χ2v) is 5.97. The Morgan fingerprint density at radius 2 is 2.04 bits per heavy atom. The zero-order valence-electron chi connectivity index (χ0n) is 14.9. The minimum Gasteiger partial charge on any atom is -0.354 e. The largest absolute Gasteiger partial charge is 0.354 e. The molecule has 0 saturated heterocycles. The molecule has 0 aliphatic rings. The van der Waals surface area contributed by atoms with Crippen LogP contribution < -0.4 is 10.6 Å². The quantitative estimate of drug-likeness (QED) is 0.444. The molecule has 24 heavy (non-hydrogen) atoms. The van der Waals surface area contributed by atoms with Crippen LogP contribution in [0, 0.1) is 0 Å². The highest BCUT2D eigenvalue weighted by Crippen LogP contribution is 2.08. The molecule has 6 heteroatoms. The Balaban J connectivity index is 1.80. The number of aromatic nitrogens is 3. The maximum Gasteiger partial charge on any atom is 0.191 e. The number of unbranched alkanes of at least 4 members (excludes halogenated alkanes) is 2. The van der Waals surface area contributed by atoms with Gasteiger partial charge in [-0.15, -0.1) is 0 Å². The van der Waals surface area contributed by atoms with E-state index in [1.165, 1.54) is 37.6 Å². The maximum absolute atomic E-state index is 4.30. The lowest BCUT2D eigenvalue weighted by molar-refractivity contribution is 0.546. The molecule has 0 bridgehead atoms. The minimum absolute atomic E-state index is 0.428. The van der Waals surface area contributed by atoms with Crippen molar-refractivity contribution in [3.63, 3.8) is 0 Å². The molecule has 0 fully saturated rings. The van der Waals surface area contributed by atoms with E-state index in [0.29, 0.717) is 6.04 Å². The predicted molar refractivity (Wildman–Crippen MR) is 98.3 cm³/mol. The van der Waals surface area contributed by atoms with Crippen molar-refractivity contribution in [1.29, 1.82) is 0 Å². The number of rotatable bonds is 8. The van der Waals surface area contributed by atoms with Gasteiger partial charge in [0.05, 0.1) is 5.69 Å². The molecule has 2 rings (SSSR count). The standard InChI is InChI=1S/C18H28N6/c1-4-5-6-7-15(2)23-18(19-3)21-12-16-8-10-17(11-9-16)24-14-20-13-22-24/h8-11,13-15H,4-7,12H2,1-3H3,(H2,19,21,23). The van der Waals surface area contributed by atoms with Crippen molar-refractivity contribution in [2.24, 2.45) is 4.99 Å². The molecule has 0 saturated carbocycles. The molecule has 1 atom stereocenters. The van der Waals surface area contributed by atoms with Crippen LogP contribution in [0.3, 0.4) is 0 Å². The van der Waals surface area contributed by atoms with Crippen LogP contribution in [0.25, 0.3) is 5.69 Å². The summed E-state index contributed by atoms with van der Waals surface area (Å²) in [6.07, 6.45) is 8.19. The molecular formula is C18H28N6. The Bertz CT molecular complexity index is 603. The fraction of sp³-hybridized carbons (Fsp3) is 0.500. The average Bonchev–Trinajstić information content (AvgIpc) is 3.14. The lowest BCUT2D eigenvalue weighted by Crippen LogP contribution is -2.41. The zero-order chi connectivity index (χ0) is 17.2. The van der Waals surface area contributed by atoms with Gasteiger partial charge in [0.1, 0.15) is 12.7 Å². The van der Waals surface area contributed by atoms with E-state index in [0.717, 1.165) is 18.2 Å². The van der Waals surface area contributed by atoms with Crippen LogP contribution in [0.1, 0.15) is 45.1 Å². The summed E-state index contributed by atoms with van der Waals surface area (Å²) >= 11 is 0. The monoisotopic (exact) mass is 328 g/mol. The van der Waals surface area contributed by atoms with Gasteiger partial charge in [-0.05, 0) is 31.0 Å². The molecule has 0 aliphatic carbocycles. The highest BCUT2D eigenvalue weighted by Gasteiger charge is 2.05. The first-order chi connectivity index (χ1) is 11.7. The summed E-state index contributed by atoms with van der Waals surface area (Å²) in [6, 6.07) is 8.67. The number of aliphatic imine (C=N–C) groups is 1. The van der Waals surface area contributed by atoms with Gasteiger partial charge in [0, 0.05) is 19.6 Å². The number of guanidine groups is 1. The normalized spacial score (nSPS) is 12.9. The number of hydrogen-bond acceptors (Lipinski definition) is 3. The molecule has 0 spiro atoms. The first-order valence-electron chi connectivity index (χ1n) is 8.64. The number of nitrogens with one attached hydrogen (secondary N) is 2. The van der Waals surface area contributed by atoms with E-state index in [1.54, 1.807) is 11.0 Å². The van der Waals surface area contributed by atoms with Gasteiger partial charge < -0.3 is 10.6 Å². The Hall–Kier alpha value is -2.37. The van der Waals surface area contributed by atoms with Gasteiger partial charge in [0.2, 0.25) is 0 Å². The zero-order valence-corrected chi connectivity index (χ0v) is 14.9. The Kier molecular flexibility index (Phi) is 7.26. The smallest absolute Gasteiger partial charge is 0.191 e. The maximum atomic E-state index is 4.30. The summed E-state index contributed by atoms with van der Waals surface area (Å²) in [6.45, 7) is 5.17. The predicted octanol–water partition coefficient (Wildman–Crippen LogP) is 2.90. The molecule has 0 aliphatic heterocycles. The first kappa shape index (κ1) is 18.0. The van der Waals surface area contributed by atoms with Crippen molar-refractivity contribution in [2.45, 2.75) is 52.1 Å².